The van der Waals surface area contributed by atoms with E-state index in [1.54, 1.807) is 12.1 Å². The van der Waals surface area contributed by atoms with Crippen molar-refractivity contribution in [2.75, 3.05) is 26.2 Å². The van der Waals surface area contributed by atoms with Gasteiger partial charge in [-0.15, -0.1) is 0 Å². The molecule has 0 radical (unpaired) electrons. The molecule has 2 aliphatic rings. The van der Waals surface area contributed by atoms with Crippen molar-refractivity contribution < 1.29 is 18.7 Å². The summed E-state index contributed by atoms with van der Waals surface area (Å²) in [7, 11) is 0. The number of benzene rings is 2. The Kier molecular flexibility index (Phi) is 6.85. The van der Waals surface area contributed by atoms with E-state index in [2.05, 4.69) is 0 Å². The van der Waals surface area contributed by atoms with Gasteiger partial charge in [0.05, 0.1) is 25.0 Å². The van der Waals surface area contributed by atoms with Crippen LogP contribution in [0.4, 0.5) is 4.39 Å². The van der Waals surface area contributed by atoms with Crippen molar-refractivity contribution in [1.82, 2.24) is 9.80 Å². The van der Waals surface area contributed by atoms with Crippen LogP contribution < -0.4 is 4.74 Å². The van der Waals surface area contributed by atoms with Gasteiger partial charge in [0.15, 0.2) is 0 Å². The van der Waals surface area contributed by atoms with Gasteiger partial charge < -0.3 is 14.5 Å². The molecule has 2 amide bonds. The molecule has 0 spiro atoms. The smallest absolute Gasteiger partial charge is 0.227 e. The van der Waals surface area contributed by atoms with Crippen molar-refractivity contribution in [3.8, 4) is 5.75 Å². The summed E-state index contributed by atoms with van der Waals surface area (Å²) in [6.45, 7) is 2.21. The topological polar surface area (TPSA) is 49.9 Å². The molecular weight excluding hydrogens is 395 g/mol. The molecule has 2 aromatic rings. The first-order chi connectivity index (χ1) is 15.1. The summed E-state index contributed by atoms with van der Waals surface area (Å²) in [4.78, 5) is 29.7. The average molecular weight is 425 g/mol. The molecule has 2 aliphatic heterocycles. The third-order valence-electron chi connectivity index (χ3n) is 6.24. The fourth-order valence-corrected chi connectivity index (χ4v) is 4.63. The first kappa shape index (κ1) is 21.3. The van der Waals surface area contributed by atoms with Crippen LogP contribution in [-0.2, 0) is 9.59 Å². The van der Waals surface area contributed by atoms with E-state index in [-0.39, 0.29) is 29.6 Å². The number of rotatable bonds is 6. The van der Waals surface area contributed by atoms with Crippen molar-refractivity contribution in [3.63, 3.8) is 0 Å². The maximum Gasteiger partial charge on any atom is 0.227 e. The first-order valence-corrected chi connectivity index (χ1v) is 11.1. The molecule has 2 saturated heterocycles. The molecule has 2 unspecified atom stereocenters. The van der Waals surface area contributed by atoms with Gasteiger partial charge >= 0.3 is 0 Å². The summed E-state index contributed by atoms with van der Waals surface area (Å²) < 4.78 is 18.9. The molecule has 0 N–H and O–H groups in total. The number of hydrogen-bond acceptors (Lipinski definition) is 3. The van der Waals surface area contributed by atoms with Gasteiger partial charge in [-0.3, -0.25) is 9.59 Å². The quantitative estimate of drug-likeness (QED) is 0.699. The van der Waals surface area contributed by atoms with Crippen LogP contribution in [0.5, 0.6) is 5.75 Å². The lowest BCUT2D eigenvalue weighted by Gasteiger charge is -2.36. The molecule has 31 heavy (non-hydrogen) atoms. The maximum atomic E-state index is 13.3. The summed E-state index contributed by atoms with van der Waals surface area (Å²) in [5, 5.41) is 0. The molecule has 2 aromatic carbocycles. The van der Waals surface area contributed by atoms with E-state index in [9.17, 15) is 14.0 Å². The second kappa shape index (κ2) is 9.94. The zero-order chi connectivity index (χ0) is 21.6. The zero-order valence-electron chi connectivity index (χ0n) is 17.7. The molecule has 4 rings (SSSR count). The maximum absolute atomic E-state index is 13.3. The predicted molar refractivity (Wildman–Crippen MR) is 116 cm³/mol. The second-order valence-electron chi connectivity index (χ2n) is 8.33. The monoisotopic (exact) mass is 424 g/mol. The molecule has 0 bridgehead atoms. The van der Waals surface area contributed by atoms with Crippen molar-refractivity contribution >= 4 is 11.8 Å². The Bertz CT molecular complexity index is 887. The summed E-state index contributed by atoms with van der Waals surface area (Å²) >= 11 is 0. The first-order valence-electron chi connectivity index (χ1n) is 11.1. The van der Waals surface area contributed by atoms with Crippen LogP contribution in [0.25, 0.3) is 0 Å². The van der Waals surface area contributed by atoms with Gasteiger partial charge in [-0.1, -0.05) is 30.3 Å². The number of para-hydroxylation sites is 1. The third kappa shape index (κ3) is 5.24. The highest BCUT2D eigenvalue weighted by atomic mass is 19.1. The Morgan fingerprint density at radius 3 is 2.48 bits per heavy atom. The Morgan fingerprint density at radius 1 is 0.968 bits per heavy atom. The summed E-state index contributed by atoms with van der Waals surface area (Å²) in [5.41, 5.74) is 0.981. The normalized spacial score (nSPS) is 21.2. The molecule has 6 heteroatoms. The van der Waals surface area contributed by atoms with E-state index in [1.165, 1.54) is 12.1 Å². The highest BCUT2D eigenvalue weighted by Crippen LogP contribution is 2.34. The van der Waals surface area contributed by atoms with Crippen molar-refractivity contribution in [2.24, 2.45) is 5.92 Å². The molecule has 0 saturated carbocycles. The van der Waals surface area contributed by atoms with E-state index in [4.69, 9.17) is 4.74 Å². The van der Waals surface area contributed by atoms with Gasteiger partial charge in [-0.25, -0.2) is 4.39 Å². The number of amides is 2. The van der Waals surface area contributed by atoms with Crippen LogP contribution in [-0.4, -0.2) is 47.9 Å². The summed E-state index contributed by atoms with van der Waals surface area (Å²) in [6.07, 6.45) is 3.77. The second-order valence-corrected chi connectivity index (χ2v) is 8.33. The Hall–Kier alpha value is -2.89. The van der Waals surface area contributed by atoms with Crippen molar-refractivity contribution in [2.45, 2.75) is 38.1 Å². The van der Waals surface area contributed by atoms with Crippen molar-refractivity contribution in [3.05, 3.63) is 66.0 Å². The molecule has 5 nitrogen and oxygen atoms in total. The SMILES string of the molecule is O=C(CCOc1ccccc1)N1CCCC(C(=O)N2CCCC2c2ccc(F)cc2)C1. The van der Waals surface area contributed by atoms with Crippen LogP contribution in [0.1, 0.15) is 43.7 Å². The van der Waals surface area contributed by atoms with E-state index in [0.717, 1.165) is 43.5 Å². The minimum Gasteiger partial charge on any atom is -0.493 e. The molecule has 0 aromatic heterocycles. The highest BCUT2D eigenvalue weighted by Gasteiger charge is 2.36. The van der Waals surface area contributed by atoms with Gasteiger partial charge in [0.25, 0.3) is 0 Å². The largest absolute Gasteiger partial charge is 0.493 e. The van der Waals surface area contributed by atoms with E-state index >= 15 is 0 Å². The molecular formula is C25H29FN2O3. The molecule has 2 atom stereocenters. The minimum atomic E-state index is -0.266. The van der Waals surface area contributed by atoms with Gasteiger partial charge in [0.1, 0.15) is 11.6 Å². The van der Waals surface area contributed by atoms with Gasteiger partial charge in [0.2, 0.25) is 11.8 Å². The van der Waals surface area contributed by atoms with Crippen LogP contribution in [0.15, 0.2) is 54.6 Å². The number of piperidine rings is 1. The van der Waals surface area contributed by atoms with Crippen LogP contribution in [0, 0.1) is 11.7 Å². The molecule has 0 aliphatic carbocycles. The Labute approximate surface area is 182 Å². The van der Waals surface area contributed by atoms with E-state index in [1.807, 2.05) is 40.1 Å². The standard InChI is InChI=1S/C25H29FN2O3/c26-21-12-10-19(11-13-21)23-9-5-16-28(23)25(30)20-6-4-15-27(18-20)24(29)14-17-31-22-7-2-1-3-8-22/h1-3,7-8,10-13,20,23H,4-6,9,14-18H2. The average Bonchev–Trinajstić information content (AvgIpc) is 3.30. The Balaban J connectivity index is 1.32. The number of ether oxygens (including phenoxy) is 1. The summed E-state index contributed by atoms with van der Waals surface area (Å²) in [6, 6.07) is 15.9. The number of halogens is 1. The number of nitrogens with zero attached hydrogens (tertiary/aromatic N) is 2. The predicted octanol–water partition coefficient (Wildman–Crippen LogP) is 4.20. The summed E-state index contributed by atoms with van der Waals surface area (Å²) in [5.74, 6) is 0.462. The Morgan fingerprint density at radius 2 is 1.71 bits per heavy atom. The number of likely N-dealkylation sites (tertiary alicyclic amines) is 2. The van der Waals surface area contributed by atoms with Crippen LogP contribution in [0.2, 0.25) is 0 Å². The molecule has 164 valence electrons. The third-order valence-corrected chi connectivity index (χ3v) is 6.24. The number of carbonyl (C=O) groups is 2. The fraction of sp³-hybridized carbons (Fsp3) is 0.440. The number of hydrogen-bond donors (Lipinski definition) is 0. The van der Waals surface area contributed by atoms with E-state index in [0.29, 0.717) is 26.1 Å². The van der Waals surface area contributed by atoms with Crippen molar-refractivity contribution in [1.29, 1.82) is 0 Å². The van der Waals surface area contributed by atoms with Crippen LogP contribution in [0.3, 0.4) is 0 Å². The number of carbonyl (C=O) groups excluding carboxylic acids is 2. The van der Waals surface area contributed by atoms with Gasteiger partial charge in [0, 0.05) is 19.6 Å². The molecule has 2 fully saturated rings. The zero-order valence-corrected chi connectivity index (χ0v) is 17.7. The highest BCUT2D eigenvalue weighted by molar-refractivity contribution is 5.82. The van der Waals surface area contributed by atoms with Gasteiger partial charge in [-0.05, 0) is 55.5 Å². The minimum absolute atomic E-state index is 0.00143. The lowest BCUT2D eigenvalue weighted by Crippen LogP contribution is -2.46. The lowest BCUT2D eigenvalue weighted by molar-refractivity contribution is -0.141. The van der Waals surface area contributed by atoms with E-state index < -0.39 is 0 Å². The van der Waals surface area contributed by atoms with Crippen LogP contribution >= 0.6 is 0 Å². The van der Waals surface area contributed by atoms with Gasteiger partial charge in [-0.2, -0.15) is 0 Å². The molecule has 2 heterocycles. The fourth-order valence-electron chi connectivity index (χ4n) is 4.63. The lowest BCUT2D eigenvalue weighted by atomic mass is 9.95.